The number of hydrogen-bond donors (Lipinski definition) is 1. The molecule has 0 radical (unpaired) electrons. The van der Waals surface area contributed by atoms with Crippen LogP contribution in [0.25, 0.3) is 5.52 Å². The third-order valence-corrected chi connectivity index (χ3v) is 4.13. The molecule has 112 valence electrons. The molecule has 22 heavy (non-hydrogen) atoms. The molecule has 7 heteroatoms. The average molecular weight is 297 g/mol. The number of aliphatic hydroxyl groups is 1. The fourth-order valence-electron chi connectivity index (χ4n) is 2.96. The maximum absolute atomic E-state index is 12.5. The van der Waals surface area contributed by atoms with Crippen LogP contribution in [-0.4, -0.2) is 48.4 Å². The number of aromatic nitrogens is 4. The van der Waals surface area contributed by atoms with Crippen LogP contribution in [0.4, 0.5) is 0 Å². The highest BCUT2D eigenvalue weighted by Gasteiger charge is 2.47. The van der Waals surface area contributed by atoms with Gasteiger partial charge in [0.05, 0.1) is 30.5 Å². The molecule has 0 spiro atoms. The van der Waals surface area contributed by atoms with Crippen molar-refractivity contribution in [3.05, 3.63) is 54.1 Å². The lowest BCUT2D eigenvalue weighted by atomic mass is 9.90. The first-order valence-corrected chi connectivity index (χ1v) is 7.00. The molecule has 0 atom stereocenters. The Morgan fingerprint density at radius 3 is 2.86 bits per heavy atom. The lowest BCUT2D eigenvalue weighted by Crippen LogP contribution is -2.61. The summed E-state index contributed by atoms with van der Waals surface area (Å²) >= 11 is 0. The van der Waals surface area contributed by atoms with Crippen LogP contribution in [-0.2, 0) is 12.6 Å². The minimum absolute atomic E-state index is 0.0801. The molecule has 0 aromatic carbocycles. The van der Waals surface area contributed by atoms with Crippen LogP contribution in [0, 0.1) is 0 Å². The van der Waals surface area contributed by atoms with E-state index in [-0.39, 0.29) is 19.0 Å². The molecule has 0 saturated carbocycles. The topological polar surface area (TPSA) is 75.7 Å². The van der Waals surface area contributed by atoms with Crippen LogP contribution in [0.5, 0.6) is 0 Å². The molecule has 7 nitrogen and oxygen atoms in total. The summed E-state index contributed by atoms with van der Waals surface area (Å²) in [5.41, 5.74) is 1.15. The molecule has 0 bridgehead atoms. The second kappa shape index (κ2) is 4.41. The van der Waals surface area contributed by atoms with Gasteiger partial charge in [-0.3, -0.25) is 4.79 Å². The van der Waals surface area contributed by atoms with Crippen LogP contribution in [0.2, 0.25) is 0 Å². The molecule has 1 N–H and O–H groups in total. The van der Waals surface area contributed by atoms with Gasteiger partial charge in [0.25, 0.3) is 5.91 Å². The predicted molar refractivity (Wildman–Crippen MR) is 78.2 cm³/mol. The van der Waals surface area contributed by atoms with E-state index in [1.54, 1.807) is 18.1 Å². The van der Waals surface area contributed by atoms with Crippen molar-refractivity contribution in [3.8, 4) is 0 Å². The van der Waals surface area contributed by atoms with E-state index in [1.807, 2.05) is 34.9 Å². The molecule has 4 rings (SSSR count). The molecule has 1 aliphatic heterocycles. The Hall–Kier alpha value is -2.67. The molecule has 1 amide bonds. The van der Waals surface area contributed by atoms with Gasteiger partial charge >= 0.3 is 0 Å². The van der Waals surface area contributed by atoms with E-state index in [1.165, 1.54) is 10.9 Å². The van der Waals surface area contributed by atoms with E-state index in [4.69, 9.17) is 0 Å². The molecule has 4 heterocycles. The van der Waals surface area contributed by atoms with Gasteiger partial charge in [0.2, 0.25) is 0 Å². The van der Waals surface area contributed by atoms with E-state index < -0.39 is 5.60 Å². The Morgan fingerprint density at radius 1 is 1.36 bits per heavy atom. The number of rotatable bonds is 2. The summed E-state index contributed by atoms with van der Waals surface area (Å²) in [6.45, 7) is 0.498. The third-order valence-electron chi connectivity index (χ3n) is 4.13. The van der Waals surface area contributed by atoms with Crippen molar-refractivity contribution in [1.82, 2.24) is 24.3 Å². The Bertz CT molecular complexity index is 827. The van der Waals surface area contributed by atoms with Crippen molar-refractivity contribution in [1.29, 1.82) is 0 Å². The molecule has 1 aliphatic rings. The molecule has 1 fully saturated rings. The van der Waals surface area contributed by atoms with Crippen molar-refractivity contribution < 1.29 is 9.90 Å². The highest BCUT2D eigenvalue weighted by atomic mass is 16.3. The summed E-state index contributed by atoms with van der Waals surface area (Å²) in [5.74, 6) is -0.0801. The lowest BCUT2D eigenvalue weighted by Gasteiger charge is -2.45. The molecule has 3 aromatic rings. The van der Waals surface area contributed by atoms with Gasteiger partial charge in [-0.05, 0) is 18.2 Å². The largest absolute Gasteiger partial charge is 0.380 e. The summed E-state index contributed by atoms with van der Waals surface area (Å²) in [4.78, 5) is 14.1. The van der Waals surface area contributed by atoms with Crippen LogP contribution < -0.4 is 0 Å². The fourth-order valence-corrected chi connectivity index (χ4v) is 2.96. The van der Waals surface area contributed by atoms with E-state index >= 15 is 0 Å². The number of hydrogen-bond acceptors (Lipinski definition) is 4. The number of nitrogens with zero attached hydrogens (tertiary/aromatic N) is 5. The third kappa shape index (κ3) is 1.82. The SMILES string of the molecule is Cn1nncc1C1(O)CN(C(=O)c2cc3ccccn3c2)C1. The van der Waals surface area contributed by atoms with Crippen LogP contribution in [0.15, 0.2) is 42.9 Å². The first kappa shape index (κ1) is 13.0. The van der Waals surface area contributed by atoms with Gasteiger partial charge in [-0.25, -0.2) is 4.68 Å². The second-order valence-electron chi connectivity index (χ2n) is 5.70. The van der Waals surface area contributed by atoms with E-state index in [2.05, 4.69) is 10.3 Å². The van der Waals surface area contributed by atoms with Crippen LogP contribution in [0.1, 0.15) is 16.1 Å². The van der Waals surface area contributed by atoms with Crippen molar-refractivity contribution >= 4 is 11.4 Å². The van der Waals surface area contributed by atoms with Gasteiger partial charge in [0.15, 0.2) is 0 Å². The maximum atomic E-state index is 12.5. The highest BCUT2D eigenvalue weighted by molar-refractivity contribution is 5.96. The zero-order valence-electron chi connectivity index (χ0n) is 12.0. The Balaban J connectivity index is 1.55. The highest BCUT2D eigenvalue weighted by Crippen LogP contribution is 2.32. The quantitative estimate of drug-likeness (QED) is 0.743. The van der Waals surface area contributed by atoms with Crippen molar-refractivity contribution in [2.24, 2.45) is 7.05 Å². The van der Waals surface area contributed by atoms with E-state index in [0.717, 1.165) is 5.52 Å². The summed E-state index contributed by atoms with van der Waals surface area (Å²) in [6.07, 6.45) is 5.25. The molecular weight excluding hydrogens is 282 g/mol. The molecule has 0 unspecified atom stereocenters. The number of amides is 1. The normalized spacial score (nSPS) is 16.7. The summed E-state index contributed by atoms with van der Waals surface area (Å²) in [6, 6.07) is 7.65. The summed E-state index contributed by atoms with van der Waals surface area (Å²) in [7, 11) is 1.73. The minimum atomic E-state index is -1.06. The second-order valence-corrected chi connectivity index (χ2v) is 5.70. The number of β-amino-alcohol motifs (C(OH)–C–C–N with tert-alkyl or cyclic N) is 1. The smallest absolute Gasteiger partial charge is 0.255 e. The van der Waals surface area contributed by atoms with Gasteiger partial charge < -0.3 is 14.4 Å². The van der Waals surface area contributed by atoms with Gasteiger partial charge in [0, 0.05) is 25.0 Å². The molecule has 3 aromatic heterocycles. The number of aryl methyl sites for hydroxylation is 1. The molecule has 0 aliphatic carbocycles. The Labute approximate surface area is 126 Å². The van der Waals surface area contributed by atoms with Gasteiger partial charge in [-0.2, -0.15) is 0 Å². The van der Waals surface area contributed by atoms with Gasteiger partial charge in [-0.1, -0.05) is 11.3 Å². The van der Waals surface area contributed by atoms with Gasteiger partial charge in [-0.15, -0.1) is 5.10 Å². The lowest BCUT2D eigenvalue weighted by molar-refractivity contribution is -0.0914. The number of fused-ring (bicyclic) bond motifs is 1. The number of likely N-dealkylation sites (tertiary alicyclic amines) is 1. The number of carbonyl (C=O) groups is 1. The number of carbonyl (C=O) groups excluding carboxylic acids is 1. The standard InChI is InChI=1S/C15H15N5O2/c1-18-13(7-16-17-18)15(22)9-20(10-15)14(21)11-6-12-4-2-3-5-19(12)8-11/h2-8,22H,9-10H2,1H3. The summed E-state index contributed by atoms with van der Waals surface area (Å²) < 4.78 is 3.44. The first-order valence-electron chi connectivity index (χ1n) is 7.00. The molecule has 1 saturated heterocycles. The van der Waals surface area contributed by atoms with Crippen LogP contribution in [0.3, 0.4) is 0 Å². The van der Waals surface area contributed by atoms with E-state index in [0.29, 0.717) is 11.3 Å². The predicted octanol–water partition coefficient (Wildman–Crippen LogP) is 0.411. The fraction of sp³-hybridized carbons (Fsp3) is 0.267. The molecular formula is C15H15N5O2. The first-order chi connectivity index (χ1) is 10.6. The Kier molecular flexibility index (Phi) is 2.61. The zero-order valence-corrected chi connectivity index (χ0v) is 12.0. The minimum Gasteiger partial charge on any atom is -0.380 e. The van der Waals surface area contributed by atoms with Crippen molar-refractivity contribution in [2.75, 3.05) is 13.1 Å². The van der Waals surface area contributed by atoms with Crippen LogP contribution >= 0.6 is 0 Å². The zero-order chi connectivity index (χ0) is 15.3. The van der Waals surface area contributed by atoms with Crippen molar-refractivity contribution in [2.45, 2.75) is 5.60 Å². The van der Waals surface area contributed by atoms with E-state index in [9.17, 15) is 9.90 Å². The average Bonchev–Trinajstić information content (AvgIpc) is 3.09. The monoisotopic (exact) mass is 297 g/mol. The maximum Gasteiger partial charge on any atom is 0.255 e. The Morgan fingerprint density at radius 2 is 2.18 bits per heavy atom. The number of pyridine rings is 1. The van der Waals surface area contributed by atoms with Gasteiger partial charge in [0.1, 0.15) is 5.60 Å². The summed E-state index contributed by atoms with van der Waals surface area (Å²) in [5, 5.41) is 18.2. The van der Waals surface area contributed by atoms with Crippen molar-refractivity contribution in [3.63, 3.8) is 0 Å².